The van der Waals surface area contributed by atoms with E-state index in [4.69, 9.17) is 33.5 Å². The van der Waals surface area contributed by atoms with Crippen molar-refractivity contribution in [3.8, 4) is 46.2 Å². The number of benzene rings is 2. The van der Waals surface area contributed by atoms with E-state index in [-0.39, 0.29) is 30.1 Å². The molecule has 2 aliphatic heterocycles. The lowest BCUT2D eigenvalue weighted by molar-refractivity contribution is 0.0695. The number of furan rings is 1. The summed E-state index contributed by atoms with van der Waals surface area (Å²) in [6.07, 6.45) is 1.38. The minimum Gasteiger partial charge on any atom is -0.490 e. The molecule has 0 saturated carbocycles. The molecule has 2 unspecified atom stereocenters. The normalized spacial score (nSPS) is 17.3. The van der Waals surface area contributed by atoms with Gasteiger partial charge in [0, 0.05) is 11.5 Å². The SMILES string of the molecule is CCOc1cc(C2c3c(n[nH]c3-c3ccc4c(c3)OCO4)OC(=N)C2C#N)ccc1OC(=O)c1ccco1. The van der Waals surface area contributed by atoms with E-state index in [0.717, 1.165) is 5.56 Å². The zero-order valence-corrected chi connectivity index (χ0v) is 20.0. The van der Waals surface area contributed by atoms with Gasteiger partial charge in [0.15, 0.2) is 23.0 Å². The van der Waals surface area contributed by atoms with Crippen LogP contribution in [0, 0.1) is 22.7 Å². The summed E-state index contributed by atoms with van der Waals surface area (Å²) in [6.45, 7) is 2.24. The van der Waals surface area contributed by atoms with Gasteiger partial charge in [-0.15, -0.1) is 5.10 Å². The highest BCUT2D eigenvalue weighted by atomic mass is 16.7. The monoisotopic (exact) mass is 512 g/mol. The van der Waals surface area contributed by atoms with Crippen LogP contribution in [0.5, 0.6) is 28.9 Å². The van der Waals surface area contributed by atoms with Crippen LogP contribution in [-0.4, -0.2) is 35.5 Å². The number of hydrogen-bond acceptors (Lipinski definition) is 10. The van der Waals surface area contributed by atoms with E-state index < -0.39 is 17.8 Å². The van der Waals surface area contributed by atoms with E-state index >= 15 is 0 Å². The lowest BCUT2D eigenvalue weighted by atomic mass is 9.78. The van der Waals surface area contributed by atoms with Crippen LogP contribution in [0.1, 0.15) is 34.5 Å². The fraction of sp³-hybridized carbons (Fsp3) is 0.185. The predicted molar refractivity (Wildman–Crippen MR) is 131 cm³/mol. The summed E-state index contributed by atoms with van der Waals surface area (Å²) in [5.41, 5.74) is 2.61. The van der Waals surface area contributed by atoms with Gasteiger partial charge in [-0.1, -0.05) is 6.07 Å². The van der Waals surface area contributed by atoms with Crippen molar-refractivity contribution in [3.63, 3.8) is 0 Å². The van der Waals surface area contributed by atoms with E-state index in [1.807, 2.05) is 12.1 Å². The van der Waals surface area contributed by atoms with Gasteiger partial charge in [0.1, 0.15) is 5.92 Å². The Kier molecular flexibility index (Phi) is 5.69. The van der Waals surface area contributed by atoms with Crippen molar-refractivity contribution in [1.29, 1.82) is 10.7 Å². The van der Waals surface area contributed by atoms with Gasteiger partial charge in [0.2, 0.25) is 24.3 Å². The van der Waals surface area contributed by atoms with Crippen molar-refractivity contribution >= 4 is 11.9 Å². The van der Waals surface area contributed by atoms with Crippen molar-refractivity contribution in [2.45, 2.75) is 12.8 Å². The van der Waals surface area contributed by atoms with Gasteiger partial charge in [0.25, 0.3) is 0 Å². The van der Waals surface area contributed by atoms with Gasteiger partial charge in [-0.25, -0.2) is 4.79 Å². The summed E-state index contributed by atoms with van der Waals surface area (Å²) in [4.78, 5) is 12.5. The molecule has 2 atom stereocenters. The first kappa shape index (κ1) is 23.2. The average Bonchev–Trinajstić information content (AvgIpc) is 3.69. The quantitative estimate of drug-likeness (QED) is 0.277. The van der Waals surface area contributed by atoms with E-state index in [9.17, 15) is 10.1 Å². The summed E-state index contributed by atoms with van der Waals surface area (Å²) in [6, 6.07) is 15.8. The number of carbonyl (C=O) groups is 1. The standard InChI is InChI=1S/C27H20N4O7/c1-2-33-21-10-14(5-8-18(21)37-27(32)19-4-3-9-34-19)22-16(12-28)25(29)38-26-23(22)24(30-31-26)15-6-7-17-20(11-15)36-13-35-17/h3-11,16,22,29H,2,13H2,1H3,(H,30,31). The highest BCUT2D eigenvalue weighted by Gasteiger charge is 2.41. The summed E-state index contributed by atoms with van der Waals surface area (Å²) < 4.78 is 33.0. The number of esters is 1. The van der Waals surface area contributed by atoms with E-state index in [1.54, 1.807) is 37.3 Å². The van der Waals surface area contributed by atoms with Crippen LogP contribution in [0.4, 0.5) is 0 Å². The molecule has 6 rings (SSSR count). The van der Waals surface area contributed by atoms with E-state index in [0.29, 0.717) is 40.7 Å². The maximum Gasteiger partial charge on any atom is 0.379 e. The molecule has 2 aromatic heterocycles. The summed E-state index contributed by atoms with van der Waals surface area (Å²) in [5.74, 6) is -0.513. The second kappa shape index (κ2) is 9.33. The fourth-order valence-electron chi connectivity index (χ4n) is 4.57. The Morgan fingerprint density at radius 2 is 2.05 bits per heavy atom. The van der Waals surface area contributed by atoms with Crippen LogP contribution in [0.25, 0.3) is 11.3 Å². The highest BCUT2D eigenvalue weighted by Crippen LogP contribution is 2.48. The maximum absolute atomic E-state index is 12.5. The molecule has 0 amide bonds. The first-order chi connectivity index (χ1) is 18.6. The van der Waals surface area contributed by atoms with Crippen molar-refractivity contribution < 1.29 is 32.9 Å². The highest BCUT2D eigenvalue weighted by molar-refractivity contribution is 5.89. The van der Waals surface area contributed by atoms with Crippen LogP contribution >= 0.6 is 0 Å². The number of fused-ring (bicyclic) bond motifs is 2. The van der Waals surface area contributed by atoms with Gasteiger partial charge in [0.05, 0.1) is 30.2 Å². The molecule has 190 valence electrons. The number of carbonyl (C=O) groups excluding carboxylic acids is 1. The molecule has 0 aliphatic carbocycles. The first-order valence-corrected chi connectivity index (χ1v) is 11.7. The van der Waals surface area contributed by atoms with Crippen LogP contribution in [0.2, 0.25) is 0 Å². The van der Waals surface area contributed by atoms with E-state index in [2.05, 4.69) is 16.3 Å². The minimum atomic E-state index is -0.946. The molecule has 2 N–H and O–H groups in total. The molecule has 0 fully saturated rings. The number of aromatic amines is 1. The van der Waals surface area contributed by atoms with Gasteiger partial charge < -0.3 is 28.1 Å². The summed E-state index contributed by atoms with van der Waals surface area (Å²) in [7, 11) is 0. The van der Waals surface area contributed by atoms with Crippen LogP contribution in [0.3, 0.4) is 0 Å². The Morgan fingerprint density at radius 3 is 2.84 bits per heavy atom. The molecule has 2 aliphatic rings. The number of hydrogen-bond donors (Lipinski definition) is 2. The molecule has 11 heteroatoms. The maximum atomic E-state index is 12.5. The number of nitrogens with one attached hydrogen (secondary N) is 2. The average molecular weight is 512 g/mol. The zero-order valence-electron chi connectivity index (χ0n) is 20.0. The molecule has 0 radical (unpaired) electrons. The second-order valence-corrected chi connectivity index (χ2v) is 8.44. The van der Waals surface area contributed by atoms with Crippen molar-refractivity contribution in [2.75, 3.05) is 13.4 Å². The van der Waals surface area contributed by atoms with E-state index in [1.165, 1.54) is 12.3 Å². The molecule has 0 saturated heterocycles. The number of aromatic nitrogens is 2. The molecule has 4 heterocycles. The summed E-state index contributed by atoms with van der Waals surface area (Å²) in [5, 5.41) is 25.7. The predicted octanol–water partition coefficient (Wildman–Crippen LogP) is 4.66. The van der Waals surface area contributed by atoms with Crippen LogP contribution < -0.4 is 23.7 Å². The Labute approximate surface area is 216 Å². The lowest BCUT2D eigenvalue weighted by Crippen LogP contribution is -2.31. The van der Waals surface area contributed by atoms with Gasteiger partial charge >= 0.3 is 5.97 Å². The molecule has 4 aromatic rings. The lowest BCUT2D eigenvalue weighted by Gasteiger charge is -2.28. The fourth-order valence-corrected chi connectivity index (χ4v) is 4.57. The number of ether oxygens (including phenoxy) is 5. The topological polar surface area (TPSA) is 153 Å². The molecule has 38 heavy (non-hydrogen) atoms. The number of nitriles is 1. The van der Waals surface area contributed by atoms with Crippen LogP contribution in [-0.2, 0) is 0 Å². The van der Waals surface area contributed by atoms with Crippen LogP contribution in [0.15, 0.2) is 59.2 Å². The Bertz CT molecular complexity index is 1590. The third-order valence-electron chi connectivity index (χ3n) is 6.25. The Hall–Kier alpha value is -5.24. The number of rotatable bonds is 6. The molecule has 0 spiro atoms. The second-order valence-electron chi connectivity index (χ2n) is 8.44. The smallest absolute Gasteiger partial charge is 0.379 e. The minimum absolute atomic E-state index is 0.0513. The molecule has 11 nitrogen and oxygen atoms in total. The van der Waals surface area contributed by atoms with Gasteiger partial charge in [-0.3, -0.25) is 10.5 Å². The molecule has 2 aromatic carbocycles. The summed E-state index contributed by atoms with van der Waals surface area (Å²) >= 11 is 0. The zero-order chi connectivity index (χ0) is 26.2. The molecular weight excluding hydrogens is 492 g/mol. The number of nitrogens with zero attached hydrogens (tertiary/aromatic N) is 2. The number of H-pyrrole nitrogens is 1. The largest absolute Gasteiger partial charge is 0.490 e. The third-order valence-corrected chi connectivity index (χ3v) is 6.25. The van der Waals surface area contributed by atoms with Gasteiger partial charge in [-0.2, -0.15) is 5.26 Å². The van der Waals surface area contributed by atoms with Gasteiger partial charge in [-0.05, 0) is 55.0 Å². The first-order valence-electron chi connectivity index (χ1n) is 11.7. The molecular formula is C27H20N4O7. The van der Waals surface area contributed by atoms with Crippen molar-refractivity contribution in [3.05, 3.63) is 71.7 Å². The Balaban J connectivity index is 1.44. The Morgan fingerprint density at radius 1 is 1.18 bits per heavy atom. The third kappa shape index (κ3) is 3.88. The molecule has 0 bridgehead atoms. The van der Waals surface area contributed by atoms with Crippen molar-refractivity contribution in [1.82, 2.24) is 10.2 Å². The van der Waals surface area contributed by atoms with Crippen molar-refractivity contribution in [2.24, 2.45) is 5.92 Å².